The molecule has 0 spiro atoms. The van der Waals surface area contributed by atoms with Crippen LogP contribution in [-0.2, 0) is 10.0 Å². The predicted molar refractivity (Wildman–Crippen MR) is 135 cm³/mol. The van der Waals surface area contributed by atoms with E-state index in [0.717, 1.165) is 24.6 Å². The minimum atomic E-state index is -3.69. The molecule has 2 aromatic carbocycles. The number of aromatic carboxylic acids is 1. The van der Waals surface area contributed by atoms with Crippen LogP contribution in [0.2, 0.25) is 0 Å². The third-order valence-corrected chi connectivity index (χ3v) is 8.75. The van der Waals surface area contributed by atoms with Gasteiger partial charge in [0.25, 0.3) is 0 Å². The molecule has 1 saturated heterocycles. The number of rotatable bonds is 6. The van der Waals surface area contributed by atoms with Crippen molar-refractivity contribution in [1.82, 2.24) is 8.87 Å². The van der Waals surface area contributed by atoms with Gasteiger partial charge in [-0.2, -0.15) is 4.31 Å². The first-order valence-electron chi connectivity index (χ1n) is 11.7. The summed E-state index contributed by atoms with van der Waals surface area (Å²) < 4.78 is 44.6. The van der Waals surface area contributed by atoms with Crippen LogP contribution in [0.25, 0.3) is 10.9 Å². The number of fused-ring (bicyclic) bond motifs is 1. The molecule has 0 amide bonds. The zero-order valence-electron chi connectivity index (χ0n) is 20.0. The molecule has 1 N–H and O–H groups in total. The lowest BCUT2D eigenvalue weighted by molar-refractivity contribution is 0.0694. The highest BCUT2D eigenvalue weighted by Crippen LogP contribution is 2.38. The molecule has 36 heavy (non-hydrogen) atoms. The first kappa shape index (κ1) is 24.3. The van der Waals surface area contributed by atoms with Gasteiger partial charge in [0.05, 0.1) is 16.1 Å². The Bertz CT molecular complexity index is 1510. The first-order valence-corrected chi connectivity index (χ1v) is 13.2. The monoisotopic (exact) mass is 514 g/mol. The van der Waals surface area contributed by atoms with Crippen molar-refractivity contribution in [3.63, 3.8) is 0 Å². The summed E-state index contributed by atoms with van der Waals surface area (Å²) in [4.78, 5) is 28.1. The van der Waals surface area contributed by atoms with Crippen LogP contribution in [0.15, 0.2) is 52.3 Å². The highest BCUT2D eigenvalue weighted by Gasteiger charge is 2.31. The van der Waals surface area contributed by atoms with Crippen molar-refractivity contribution in [3.8, 4) is 0 Å². The normalized spacial score (nSPS) is 16.9. The highest BCUT2D eigenvalue weighted by atomic mass is 32.2. The number of pyridine rings is 1. The van der Waals surface area contributed by atoms with Gasteiger partial charge in [-0.1, -0.05) is 0 Å². The predicted octanol–water partition coefficient (Wildman–Crippen LogP) is 2.75. The van der Waals surface area contributed by atoms with E-state index in [2.05, 4.69) is 0 Å². The van der Waals surface area contributed by atoms with Crippen LogP contribution in [-0.4, -0.2) is 68.6 Å². The summed E-state index contributed by atoms with van der Waals surface area (Å²) in [5.74, 6) is -1.98. The lowest BCUT2D eigenvalue weighted by Crippen LogP contribution is -2.48. The maximum atomic E-state index is 15.2. The molecule has 1 aliphatic heterocycles. The average Bonchev–Trinajstić information content (AvgIpc) is 3.69. The number of nitrogens with zero attached hydrogens (tertiary/aromatic N) is 4. The van der Waals surface area contributed by atoms with Gasteiger partial charge in [-0.15, -0.1) is 0 Å². The van der Waals surface area contributed by atoms with E-state index in [1.807, 2.05) is 19.0 Å². The molecule has 5 rings (SSSR count). The Hall–Kier alpha value is -3.44. The minimum Gasteiger partial charge on any atom is -0.477 e. The van der Waals surface area contributed by atoms with Crippen LogP contribution >= 0.6 is 0 Å². The van der Waals surface area contributed by atoms with Crippen molar-refractivity contribution >= 4 is 38.3 Å². The SMILES string of the molecule is CN(C)c1ccc(S(=O)(=O)N2CCN(c3cc4c(cc3F)c(=O)c(C(=O)O)cn4C3CC3)CC2)cc1. The van der Waals surface area contributed by atoms with E-state index in [-0.39, 0.29) is 53.8 Å². The molecule has 2 heterocycles. The molecule has 0 radical (unpaired) electrons. The number of carbonyl (C=O) groups is 1. The third kappa shape index (κ3) is 4.22. The molecule has 1 aliphatic carbocycles. The summed E-state index contributed by atoms with van der Waals surface area (Å²) in [5.41, 5.74) is 0.562. The van der Waals surface area contributed by atoms with Crippen LogP contribution in [0, 0.1) is 5.82 Å². The molecule has 0 bridgehead atoms. The Morgan fingerprint density at radius 3 is 2.25 bits per heavy atom. The summed E-state index contributed by atoms with van der Waals surface area (Å²) in [6.45, 7) is 0.919. The van der Waals surface area contributed by atoms with E-state index in [9.17, 15) is 23.1 Å². The zero-order chi connectivity index (χ0) is 25.8. The van der Waals surface area contributed by atoms with Crippen molar-refractivity contribution in [2.75, 3.05) is 50.1 Å². The van der Waals surface area contributed by atoms with Crippen LogP contribution in [0.1, 0.15) is 29.2 Å². The molecule has 1 saturated carbocycles. The van der Waals surface area contributed by atoms with Gasteiger partial charge in [0.2, 0.25) is 15.5 Å². The number of hydrogen-bond acceptors (Lipinski definition) is 6. The Morgan fingerprint density at radius 2 is 1.69 bits per heavy atom. The number of piperazine rings is 1. The lowest BCUT2D eigenvalue weighted by atomic mass is 10.1. The van der Waals surface area contributed by atoms with Gasteiger partial charge in [-0.25, -0.2) is 17.6 Å². The molecular formula is C25H27FN4O5S. The van der Waals surface area contributed by atoms with Gasteiger partial charge in [0, 0.05) is 63.6 Å². The molecule has 0 atom stereocenters. The Labute approximate surface area is 208 Å². The topological polar surface area (TPSA) is 103 Å². The first-order chi connectivity index (χ1) is 17.1. The van der Waals surface area contributed by atoms with Crippen LogP contribution < -0.4 is 15.2 Å². The number of carboxylic acids is 1. The number of hydrogen-bond donors (Lipinski definition) is 1. The van der Waals surface area contributed by atoms with Crippen molar-refractivity contribution in [1.29, 1.82) is 0 Å². The van der Waals surface area contributed by atoms with Crippen LogP contribution in [0.4, 0.5) is 15.8 Å². The van der Waals surface area contributed by atoms with Crippen molar-refractivity contribution in [2.45, 2.75) is 23.8 Å². The number of aromatic nitrogens is 1. The van der Waals surface area contributed by atoms with Crippen molar-refractivity contribution in [2.24, 2.45) is 0 Å². The third-order valence-electron chi connectivity index (χ3n) is 6.84. The van der Waals surface area contributed by atoms with Crippen molar-refractivity contribution < 1.29 is 22.7 Å². The second kappa shape index (κ2) is 8.90. The zero-order valence-corrected chi connectivity index (χ0v) is 20.8. The van der Waals surface area contributed by atoms with Crippen LogP contribution in [0.5, 0.6) is 0 Å². The maximum Gasteiger partial charge on any atom is 0.341 e. The summed E-state index contributed by atoms with van der Waals surface area (Å²) in [6.07, 6.45) is 3.06. The summed E-state index contributed by atoms with van der Waals surface area (Å²) in [6, 6.07) is 9.44. The number of carboxylic acid groups (broad SMARTS) is 1. The van der Waals surface area contributed by atoms with Gasteiger partial charge in [0.15, 0.2) is 0 Å². The maximum absolute atomic E-state index is 15.2. The minimum absolute atomic E-state index is 0.0328. The van der Waals surface area contributed by atoms with Gasteiger partial charge < -0.3 is 19.5 Å². The fraction of sp³-hybridized carbons (Fsp3) is 0.360. The average molecular weight is 515 g/mol. The fourth-order valence-corrected chi connectivity index (χ4v) is 6.06. The van der Waals surface area contributed by atoms with E-state index < -0.39 is 27.2 Å². The number of sulfonamides is 1. The Balaban J connectivity index is 1.42. The van der Waals surface area contributed by atoms with E-state index in [1.54, 1.807) is 39.8 Å². The number of anilines is 2. The lowest BCUT2D eigenvalue weighted by Gasteiger charge is -2.35. The van der Waals surface area contributed by atoms with E-state index in [1.165, 1.54) is 10.5 Å². The van der Waals surface area contributed by atoms with Gasteiger partial charge in [0.1, 0.15) is 11.4 Å². The van der Waals surface area contributed by atoms with E-state index >= 15 is 4.39 Å². The van der Waals surface area contributed by atoms with Gasteiger partial charge >= 0.3 is 5.97 Å². The molecular weight excluding hydrogens is 487 g/mol. The molecule has 3 aromatic rings. The van der Waals surface area contributed by atoms with Crippen LogP contribution in [0.3, 0.4) is 0 Å². The molecule has 9 nitrogen and oxygen atoms in total. The summed E-state index contributed by atoms with van der Waals surface area (Å²) in [5, 5.41) is 9.45. The summed E-state index contributed by atoms with van der Waals surface area (Å²) in [7, 11) is 0.0676. The molecule has 11 heteroatoms. The molecule has 190 valence electrons. The fourth-order valence-electron chi connectivity index (χ4n) is 4.64. The number of halogens is 1. The van der Waals surface area contributed by atoms with Gasteiger partial charge in [-0.3, -0.25) is 4.79 Å². The molecule has 2 fully saturated rings. The highest BCUT2D eigenvalue weighted by molar-refractivity contribution is 7.89. The largest absolute Gasteiger partial charge is 0.477 e. The van der Waals surface area contributed by atoms with E-state index in [4.69, 9.17) is 0 Å². The smallest absolute Gasteiger partial charge is 0.341 e. The van der Waals surface area contributed by atoms with Gasteiger partial charge in [-0.05, 0) is 49.2 Å². The molecule has 0 unspecified atom stereocenters. The molecule has 1 aromatic heterocycles. The molecule has 2 aliphatic rings. The Kier molecular flexibility index (Phi) is 6.00. The number of benzene rings is 2. The summed E-state index contributed by atoms with van der Waals surface area (Å²) >= 11 is 0. The quantitative estimate of drug-likeness (QED) is 0.540. The second-order valence-electron chi connectivity index (χ2n) is 9.42. The van der Waals surface area contributed by atoms with Crippen molar-refractivity contribution in [3.05, 3.63) is 64.2 Å². The Morgan fingerprint density at radius 1 is 1.06 bits per heavy atom. The second-order valence-corrected chi connectivity index (χ2v) is 11.4. The van der Waals surface area contributed by atoms with E-state index in [0.29, 0.717) is 5.52 Å². The standard InChI is InChI=1S/C25H27FN4O5S/c1-27(2)16-5-7-18(8-6-16)36(34,35)29-11-9-28(10-12-29)23-14-22-19(13-21(23)26)24(31)20(25(32)33)15-30(22)17-3-4-17/h5-8,13-15,17H,3-4,9-12H2,1-2H3,(H,32,33).